The van der Waals surface area contributed by atoms with Gasteiger partial charge < -0.3 is 19.8 Å². The van der Waals surface area contributed by atoms with E-state index in [0.717, 1.165) is 38.3 Å². The van der Waals surface area contributed by atoms with Crippen LogP contribution in [0.4, 0.5) is 20.3 Å². The molecule has 0 unspecified atom stereocenters. The van der Waals surface area contributed by atoms with Crippen LogP contribution in [0, 0.1) is 0 Å². The van der Waals surface area contributed by atoms with Crippen LogP contribution in [0.25, 0.3) is 33.5 Å². The van der Waals surface area contributed by atoms with E-state index in [0.29, 0.717) is 17.3 Å². The molecule has 2 N–H and O–H groups in total. The van der Waals surface area contributed by atoms with Crippen molar-refractivity contribution in [3.63, 3.8) is 0 Å². The number of carbonyl (C=O) groups is 1. The van der Waals surface area contributed by atoms with Crippen molar-refractivity contribution in [2.75, 3.05) is 18.4 Å². The van der Waals surface area contributed by atoms with Gasteiger partial charge in [0.2, 0.25) is 0 Å². The summed E-state index contributed by atoms with van der Waals surface area (Å²) in [6.07, 6.45) is 5.09. The quantitative estimate of drug-likeness (QED) is 0.371. The summed E-state index contributed by atoms with van der Waals surface area (Å²) in [7, 11) is 1.75. The highest BCUT2D eigenvalue weighted by Gasteiger charge is 2.46. The topological polar surface area (TPSA) is 91.7 Å². The summed E-state index contributed by atoms with van der Waals surface area (Å²) in [6, 6.07) is 17.1. The van der Waals surface area contributed by atoms with Crippen LogP contribution in [0.1, 0.15) is 10.5 Å². The highest BCUT2D eigenvalue weighted by Crippen LogP contribution is 2.31. The van der Waals surface area contributed by atoms with Crippen molar-refractivity contribution in [2.24, 2.45) is 7.05 Å². The maximum absolute atomic E-state index is 13.2. The predicted molar refractivity (Wildman–Crippen MR) is 132 cm³/mol. The van der Waals surface area contributed by atoms with E-state index >= 15 is 0 Å². The van der Waals surface area contributed by atoms with Crippen LogP contribution in [0.15, 0.2) is 73.3 Å². The molecule has 0 saturated carbocycles. The standard InChI is InChI=1S/C26H21F2N7O/c1-34-21-11-18(3-2-17(21)10-22(34)25(36)35-13-26(27,28)14-35)24-30-9-8-23(33-24)32-19-6-4-16(5-7-19)20-12-29-15-31-20/h2-12,15H,13-14H2,1H3,(H,29,31)(H,30,32,33). The minimum absolute atomic E-state index is 0.368. The zero-order valence-corrected chi connectivity index (χ0v) is 19.2. The Labute approximate surface area is 204 Å². The summed E-state index contributed by atoms with van der Waals surface area (Å²) >= 11 is 0. The van der Waals surface area contributed by atoms with Crippen LogP contribution in [0.2, 0.25) is 0 Å². The zero-order chi connectivity index (χ0) is 24.9. The molecule has 4 heterocycles. The number of likely N-dealkylation sites (tertiary alicyclic amines) is 1. The number of anilines is 2. The molecular weight excluding hydrogens is 464 g/mol. The monoisotopic (exact) mass is 485 g/mol. The Kier molecular flexibility index (Phi) is 5.03. The Hall–Kier alpha value is -4.60. The third kappa shape index (κ3) is 3.96. The summed E-state index contributed by atoms with van der Waals surface area (Å²) < 4.78 is 28.2. The molecule has 0 atom stereocenters. The van der Waals surface area contributed by atoms with E-state index in [1.54, 1.807) is 42.5 Å². The molecule has 1 aliphatic heterocycles. The Bertz CT molecular complexity index is 1570. The fraction of sp³-hybridized carbons (Fsp3) is 0.154. The number of carbonyl (C=O) groups excluding carboxylic acids is 1. The van der Waals surface area contributed by atoms with Gasteiger partial charge in [-0.3, -0.25) is 4.79 Å². The van der Waals surface area contributed by atoms with Crippen molar-refractivity contribution in [2.45, 2.75) is 5.92 Å². The maximum atomic E-state index is 13.2. The van der Waals surface area contributed by atoms with Crippen molar-refractivity contribution in [1.82, 2.24) is 29.4 Å². The molecule has 1 fully saturated rings. The van der Waals surface area contributed by atoms with Gasteiger partial charge in [0.05, 0.1) is 31.3 Å². The summed E-state index contributed by atoms with van der Waals surface area (Å²) in [4.78, 5) is 30.1. The number of fused-ring (bicyclic) bond motifs is 1. The van der Waals surface area contributed by atoms with E-state index in [2.05, 4.69) is 25.3 Å². The Balaban J connectivity index is 1.24. The molecule has 0 bridgehead atoms. The number of benzene rings is 2. The molecule has 2 aromatic carbocycles. The van der Waals surface area contributed by atoms with Crippen LogP contribution in [0.5, 0.6) is 0 Å². The van der Waals surface area contributed by atoms with Crippen molar-refractivity contribution in [3.05, 3.63) is 79.0 Å². The average molecular weight is 485 g/mol. The van der Waals surface area contributed by atoms with Crippen molar-refractivity contribution in [3.8, 4) is 22.6 Å². The number of hydrogen-bond donors (Lipinski definition) is 2. The minimum atomic E-state index is -2.80. The Morgan fingerprint density at radius 1 is 1.06 bits per heavy atom. The number of alkyl halides is 2. The number of aromatic nitrogens is 5. The molecule has 5 aromatic rings. The van der Waals surface area contributed by atoms with Crippen LogP contribution in [0.3, 0.4) is 0 Å². The van der Waals surface area contributed by atoms with Gasteiger partial charge in [0, 0.05) is 35.4 Å². The number of H-pyrrole nitrogens is 1. The number of amides is 1. The van der Waals surface area contributed by atoms with Crippen molar-refractivity contribution in [1.29, 1.82) is 0 Å². The van der Waals surface area contributed by atoms with E-state index in [1.807, 2.05) is 42.5 Å². The number of nitrogens with zero attached hydrogens (tertiary/aromatic N) is 5. The molecular formula is C26H21F2N7O. The van der Waals surface area contributed by atoms with Crippen molar-refractivity contribution >= 4 is 28.3 Å². The number of halogens is 2. The normalized spacial score (nSPS) is 14.6. The van der Waals surface area contributed by atoms with Gasteiger partial charge in [-0.15, -0.1) is 0 Å². The third-order valence-electron chi connectivity index (χ3n) is 6.28. The molecule has 10 heteroatoms. The van der Waals surface area contributed by atoms with Gasteiger partial charge in [0.1, 0.15) is 11.5 Å². The Morgan fingerprint density at radius 2 is 1.83 bits per heavy atom. The van der Waals surface area contributed by atoms with Gasteiger partial charge in [-0.2, -0.15) is 0 Å². The number of imidazole rings is 1. The van der Waals surface area contributed by atoms with E-state index in [1.165, 1.54) is 0 Å². The average Bonchev–Trinajstić information content (AvgIpc) is 3.51. The van der Waals surface area contributed by atoms with Crippen LogP contribution in [-0.4, -0.2) is 54.3 Å². The Morgan fingerprint density at radius 3 is 2.56 bits per heavy atom. The zero-order valence-electron chi connectivity index (χ0n) is 19.2. The van der Waals surface area contributed by atoms with E-state index < -0.39 is 24.9 Å². The van der Waals surface area contributed by atoms with Gasteiger partial charge >= 0.3 is 0 Å². The maximum Gasteiger partial charge on any atom is 0.282 e. The first kappa shape index (κ1) is 21.9. The third-order valence-corrected chi connectivity index (χ3v) is 6.28. The highest BCUT2D eigenvalue weighted by atomic mass is 19.3. The van der Waals surface area contributed by atoms with E-state index in [-0.39, 0.29) is 0 Å². The number of hydrogen-bond acceptors (Lipinski definition) is 5. The second-order valence-electron chi connectivity index (χ2n) is 8.81. The number of rotatable bonds is 5. The molecule has 8 nitrogen and oxygen atoms in total. The summed E-state index contributed by atoms with van der Waals surface area (Å²) in [5.41, 5.74) is 4.77. The fourth-order valence-corrected chi connectivity index (χ4v) is 4.35. The molecule has 0 radical (unpaired) electrons. The van der Waals surface area contributed by atoms with Crippen molar-refractivity contribution < 1.29 is 13.6 Å². The number of nitrogens with one attached hydrogen (secondary N) is 2. The first-order chi connectivity index (χ1) is 17.4. The van der Waals surface area contributed by atoms with Crippen LogP contribution >= 0.6 is 0 Å². The molecule has 6 rings (SSSR count). The first-order valence-electron chi connectivity index (χ1n) is 11.3. The molecule has 180 valence electrons. The summed E-state index contributed by atoms with van der Waals surface area (Å²) in [5, 5.41) is 4.13. The molecule has 1 aliphatic rings. The van der Waals surface area contributed by atoms with E-state index in [4.69, 9.17) is 0 Å². The predicted octanol–water partition coefficient (Wildman–Crippen LogP) is 4.86. The largest absolute Gasteiger partial charge is 0.345 e. The lowest BCUT2D eigenvalue weighted by Crippen LogP contribution is -2.58. The number of aromatic amines is 1. The molecule has 3 aromatic heterocycles. The molecule has 1 amide bonds. The minimum Gasteiger partial charge on any atom is -0.345 e. The molecule has 0 aliphatic carbocycles. The molecule has 1 saturated heterocycles. The smallest absolute Gasteiger partial charge is 0.282 e. The summed E-state index contributed by atoms with van der Waals surface area (Å²) in [6.45, 7) is -1.09. The van der Waals surface area contributed by atoms with Gasteiger partial charge in [0.15, 0.2) is 5.82 Å². The van der Waals surface area contributed by atoms with Crippen LogP contribution < -0.4 is 5.32 Å². The lowest BCUT2D eigenvalue weighted by Gasteiger charge is -2.38. The van der Waals surface area contributed by atoms with Gasteiger partial charge in [0.25, 0.3) is 11.8 Å². The van der Waals surface area contributed by atoms with Crippen LogP contribution in [-0.2, 0) is 7.05 Å². The number of aryl methyl sites for hydroxylation is 1. The SMILES string of the molecule is Cn1c(C(=O)N2CC(F)(F)C2)cc2ccc(-c3nccc(Nc4ccc(-c5cnc[nH]5)cc4)n3)cc21. The second kappa shape index (κ2) is 8.26. The second-order valence-corrected chi connectivity index (χ2v) is 8.81. The van der Waals surface area contributed by atoms with Gasteiger partial charge in [-0.25, -0.2) is 23.7 Å². The summed E-state index contributed by atoms with van der Waals surface area (Å²) in [5.74, 6) is -2.05. The van der Waals surface area contributed by atoms with Gasteiger partial charge in [-0.1, -0.05) is 24.3 Å². The van der Waals surface area contributed by atoms with E-state index in [9.17, 15) is 13.6 Å². The lowest BCUT2D eigenvalue weighted by molar-refractivity contribution is -0.113. The highest BCUT2D eigenvalue weighted by molar-refractivity contribution is 6.00. The lowest BCUT2D eigenvalue weighted by atomic mass is 10.1. The first-order valence-corrected chi connectivity index (χ1v) is 11.3. The molecule has 0 spiro atoms. The fourth-order valence-electron chi connectivity index (χ4n) is 4.35. The molecule has 36 heavy (non-hydrogen) atoms. The van der Waals surface area contributed by atoms with Gasteiger partial charge in [-0.05, 0) is 35.9 Å².